The molecule has 0 bridgehead atoms. The molecule has 2 fully saturated rings. The quantitative estimate of drug-likeness (QED) is 0.813. The van der Waals surface area contributed by atoms with Crippen LogP contribution >= 0.6 is 0 Å². The predicted molar refractivity (Wildman–Crippen MR) is 61.1 cm³/mol. The number of alkyl halides is 2. The van der Waals surface area contributed by atoms with Crippen LogP contribution in [0.4, 0.5) is 8.78 Å². The second kappa shape index (κ2) is 4.17. The van der Waals surface area contributed by atoms with Crippen LogP contribution in [0.15, 0.2) is 0 Å². The van der Waals surface area contributed by atoms with Gasteiger partial charge in [0.15, 0.2) is 0 Å². The molecule has 0 aromatic rings. The Hall–Kier alpha value is -1.20. The molecule has 0 aromatic carbocycles. The van der Waals surface area contributed by atoms with Gasteiger partial charge in [0.05, 0.1) is 6.54 Å². The van der Waals surface area contributed by atoms with Crippen molar-refractivity contribution >= 4 is 11.8 Å². The molecule has 1 spiro atoms. The van der Waals surface area contributed by atoms with Crippen LogP contribution < -0.4 is 5.32 Å². The Bertz CT molecular complexity index is 376. The maximum absolute atomic E-state index is 12.7. The van der Waals surface area contributed by atoms with Crippen molar-refractivity contribution in [2.45, 2.75) is 57.0 Å². The van der Waals surface area contributed by atoms with E-state index >= 15 is 0 Å². The number of hydrogen-bond acceptors (Lipinski definition) is 2. The summed E-state index contributed by atoms with van der Waals surface area (Å²) in [6, 6.07) is 0. The molecule has 1 aliphatic carbocycles. The van der Waals surface area contributed by atoms with Crippen LogP contribution in [0.2, 0.25) is 0 Å². The fourth-order valence-electron chi connectivity index (χ4n) is 2.96. The van der Waals surface area contributed by atoms with E-state index in [0.29, 0.717) is 12.8 Å². The topological polar surface area (TPSA) is 49.4 Å². The first-order valence-corrected chi connectivity index (χ1v) is 6.22. The minimum absolute atomic E-state index is 0.287. The van der Waals surface area contributed by atoms with Crippen molar-refractivity contribution in [3.05, 3.63) is 0 Å². The van der Waals surface area contributed by atoms with E-state index in [0.717, 1.165) is 17.7 Å². The number of nitrogens with one attached hydrogen (secondary N) is 1. The highest BCUT2D eigenvalue weighted by molar-refractivity contribution is 6.02. The Kier molecular flexibility index (Phi) is 3.07. The summed E-state index contributed by atoms with van der Waals surface area (Å²) in [7, 11) is 0. The first kappa shape index (κ1) is 13.2. The van der Waals surface area contributed by atoms with Crippen LogP contribution in [0.25, 0.3) is 0 Å². The second-order valence-electron chi connectivity index (χ2n) is 5.62. The van der Waals surface area contributed by atoms with Gasteiger partial charge in [0, 0.05) is 0 Å². The molecule has 1 N–H and O–H groups in total. The van der Waals surface area contributed by atoms with Gasteiger partial charge in [0.2, 0.25) is 11.8 Å². The Labute approximate surface area is 105 Å². The Morgan fingerprint density at radius 3 is 2.33 bits per heavy atom. The Morgan fingerprint density at radius 2 is 1.83 bits per heavy atom. The number of halogens is 2. The SMILES string of the molecule is CC1(C)NC(=O)C2(CCCC2)N(CC(F)F)C1=O. The zero-order valence-electron chi connectivity index (χ0n) is 10.6. The van der Waals surface area contributed by atoms with Crippen molar-refractivity contribution in [1.29, 1.82) is 0 Å². The molecule has 4 nitrogen and oxygen atoms in total. The summed E-state index contributed by atoms with van der Waals surface area (Å²) >= 11 is 0. The summed E-state index contributed by atoms with van der Waals surface area (Å²) < 4.78 is 25.4. The average molecular weight is 260 g/mol. The standard InChI is InChI=1S/C12H18F2N2O2/c1-11(2)10(18)16(7-8(13)14)12(9(17)15-11)5-3-4-6-12/h8H,3-7H2,1-2H3,(H,15,17). The Morgan fingerprint density at radius 1 is 1.28 bits per heavy atom. The van der Waals surface area contributed by atoms with Gasteiger partial charge in [-0.3, -0.25) is 9.59 Å². The Balaban J connectivity index is 2.37. The fraction of sp³-hybridized carbons (Fsp3) is 0.833. The molecule has 2 amide bonds. The number of carbonyl (C=O) groups is 2. The van der Waals surface area contributed by atoms with E-state index < -0.39 is 30.0 Å². The van der Waals surface area contributed by atoms with E-state index in [4.69, 9.17) is 0 Å². The lowest BCUT2D eigenvalue weighted by Gasteiger charge is -2.49. The van der Waals surface area contributed by atoms with Crippen molar-refractivity contribution in [1.82, 2.24) is 10.2 Å². The highest BCUT2D eigenvalue weighted by atomic mass is 19.3. The molecule has 2 rings (SSSR count). The van der Waals surface area contributed by atoms with Gasteiger partial charge in [-0.2, -0.15) is 0 Å². The van der Waals surface area contributed by atoms with Crippen LogP contribution in [0.1, 0.15) is 39.5 Å². The number of piperazine rings is 1. The number of nitrogens with zero attached hydrogens (tertiary/aromatic N) is 1. The smallest absolute Gasteiger partial charge is 0.255 e. The summed E-state index contributed by atoms with van der Waals surface area (Å²) in [6.07, 6.45) is -0.0733. The lowest BCUT2D eigenvalue weighted by Crippen LogP contribution is -2.73. The maximum atomic E-state index is 12.7. The molecule has 6 heteroatoms. The average Bonchev–Trinajstić information content (AvgIpc) is 2.72. The van der Waals surface area contributed by atoms with E-state index in [-0.39, 0.29) is 5.91 Å². The highest BCUT2D eigenvalue weighted by Gasteiger charge is 2.56. The van der Waals surface area contributed by atoms with E-state index in [1.54, 1.807) is 13.8 Å². The molecular weight excluding hydrogens is 242 g/mol. The van der Waals surface area contributed by atoms with Crippen molar-refractivity contribution < 1.29 is 18.4 Å². The molecule has 1 heterocycles. The molecule has 1 saturated heterocycles. The molecule has 18 heavy (non-hydrogen) atoms. The molecular formula is C12H18F2N2O2. The van der Waals surface area contributed by atoms with E-state index in [1.165, 1.54) is 0 Å². The minimum Gasteiger partial charge on any atom is -0.340 e. The summed E-state index contributed by atoms with van der Waals surface area (Å²) in [5, 5.41) is 2.67. The fourth-order valence-corrected chi connectivity index (χ4v) is 2.96. The molecule has 102 valence electrons. The number of rotatable bonds is 2. The summed E-state index contributed by atoms with van der Waals surface area (Å²) in [5.41, 5.74) is -2.14. The van der Waals surface area contributed by atoms with Gasteiger partial charge in [-0.1, -0.05) is 12.8 Å². The van der Waals surface area contributed by atoms with Crippen LogP contribution in [0, 0.1) is 0 Å². The molecule has 1 aliphatic heterocycles. The number of carbonyl (C=O) groups excluding carboxylic acids is 2. The summed E-state index contributed by atoms with van der Waals surface area (Å²) in [6.45, 7) is 2.44. The third-order valence-electron chi connectivity index (χ3n) is 3.90. The highest BCUT2D eigenvalue weighted by Crippen LogP contribution is 2.40. The lowest BCUT2D eigenvalue weighted by atomic mass is 9.85. The van der Waals surface area contributed by atoms with Crippen molar-refractivity contribution in [2.75, 3.05) is 6.54 Å². The minimum atomic E-state index is -2.62. The molecule has 0 radical (unpaired) electrons. The first-order chi connectivity index (χ1) is 8.29. The second-order valence-corrected chi connectivity index (χ2v) is 5.62. The third kappa shape index (κ3) is 1.87. The number of amides is 2. The van der Waals surface area contributed by atoms with E-state index in [2.05, 4.69) is 5.32 Å². The van der Waals surface area contributed by atoms with Crippen LogP contribution in [-0.2, 0) is 9.59 Å². The van der Waals surface area contributed by atoms with Crippen LogP contribution in [-0.4, -0.2) is 40.8 Å². The molecule has 0 unspecified atom stereocenters. The lowest BCUT2D eigenvalue weighted by molar-refractivity contribution is -0.164. The largest absolute Gasteiger partial charge is 0.340 e. The zero-order chi connectivity index (χ0) is 13.6. The summed E-state index contributed by atoms with van der Waals surface area (Å²) in [4.78, 5) is 25.6. The van der Waals surface area contributed by atoms with Gasteiger partial charge >= 0.3 is 0 Å². The van der Waals surface area contributed by atoms with Gasteiger partial charge in [-0.15, -0.1) is 0 Å². The van der Waals surface area contributed by atoms with Gasteiger partial charge < -0.3 is 10.2 Å². The monoisotopic (exact) mass is 260 g/mol. The molecule has 0 atom stereocenters. The van der Waals surface area contributed by atoms with Crippen molar-refractivity contribution in [3.63, 3.8) is 0 Å². The van der Waals surface area contributed by atoms with Crippen molar-refractivity contribution in [2.24, 2.45) is 0 Å². The molecule has 2 aliphatic rings. The van der Waals surface area contributed by atoms with E-state index in [1.807, 2.05) is 0 Å². The zero-order valence-corrected chi connectivity index (χ0v) is 10.6. The van der Waals surface area contributed by atoms with Crippen LogP contribution in [0.3, 0.4) is 0 Å². The molecule has 0 aromatic heterocycles. The van der Waals surface area contributed by atoms with E-state index in [9.17, 15) is 18.4 Å². The number of hydrogen-bond donors (Lipinski definition) is 1. The normalized spacial score (nSPS) is 25.9. The third-order valence-corrected chi connectivity index (χ3v) is 3.90. The van der Waals surface area contributed by atoms with Crippen molar-refractivity contribution in [3.8, 4) is 0 Å². The predicted octanol–water partition coefficient (Wildman–Crippen LogP) is 1.30. The molecule has 1 saturated carbocycles. The van der Waals surface area contributed by atoms with Gasteiger partial charge in [-0.25, -0.2) is 8.78 Å². The maximum Gasteiger partial charge on any atom is 0.255 e. The van der Waals surface area contributed by atoms with Gasteiger partial charge in [0.25, 0.3) is 6.43 Å². The van der Waals surface area contributed by atoms with Gasteiger partial charge in [0.1, 0.15) is 11.1 Å². The van der Waals surface area contributed by atoms with Gasteiger partial charge in [-0.05, 0) is 26.7 Å². The van der Waals surface area contributed by atoms with Crippen LogP contribution in [0.5, 0.6) is 0 Å². The first-order valence-electron chi connectivity index (χ1n) is 6.22. The summed E-state index contributed by atoms with van der Waals surface area (Å²) in [5.74, 6) is -0.699.